The molecule has 0 aliphatic rings. The SMILES string of the molecule is CCOC(=O)/C=C/c1ccc(OC)cc1OC(=O)c1nc(C)c(C)nc1C. The molecule has 27 heavy (non-hydrogen) atoms. The molecular weight excluding hydrogens is 348 g/mol. The Morgan fingerprint density at radius 1 is 1.07 bits per heavy atom. The van der Waals surface area contributed by atoms with E-state index >= 15 is 0 Å². The summed E-state index contributed by atoms with van der Waals surface area (Å²) >= 11 is 0. The molecule has 7 heteroatoms. The molecule has 0 radical (unpaired) electrons. The zero-order valence-corrected chi connectivity index (χ0v) is 16.0. The molecule has 0 amide bonds. The van der Waals surface area contributed by atoms with Gasteiger partial charge in [0.15, 0.2) is 5.69 Å². The van der Waals surface area contributed by atoms with E-state index in [1.165, 1.54) is 19.3 Å². The Morgan fingerprint density at radius 2 is 1.78 bits per heavy atom. The smallest absolute Gasteiger partial charge is 0.364 e. The van der Waals surface area contributed by atoms with Gasteiger partial charge in [-0.05, 0) is 45.9 Å². The number of hydrogen-bond acceptors (Lipinski definition) is 7. The summed E-state index contributed by atoms with van der Waals surface area (Å²) in [7, 11) is 1.51. The van der Waals surface area contributed by atoms with Crippen molar-refractivity contribution in [1.82, 2.24) is 9.97 Å². The Balaban J connectivity index is 2.34. The first-order chi connectivity index (χ1) is 12.8. The van der Waals surface area contributed by atoms with Gasteiger partial charge >= 0.3 is 11.9 Å². The van der Waals surface area contributed by atoms with Crippen molar-refractivity contribution in [3.63, 3.8) is 0 Å². The molecule has 0 spiro atoms. The molecular formula is C20H22N2O5. The Labute approximate surface area is 158 Å². The summed E-state index contributed by atoms with van der Waals surface area (Å²) in [6.45, 7) is 7.29. The van der Waals surface area contributed by atoms with Crippen molar-refractivity contribution in [2.45, 2.75) is 27.7 Å². The van der Waals surface area contributed by atoms with E-state index in [1.54, 1.807) is 39.0 Å². The van der Waals surface area contributed by atoms with Crippen LogP contribution >= 0.6 is 0 Å². The van der Waals surface area contributed by atoms with Crippen LogP contribution in [0, 0.1) is 20.8 Å². The summed E-state index contributed by atoms with van der Waals surface area (Å²) in [5, 5.41) is 0. The number of aryl methyl sites for hydroxylation is 3. The molecule has 0 saturated heterocycles. The molecule has 0 aliphatic heterocycles. The summed E-state index contributed by atoms with van der Waals surface area (Å²) in [6.07, 6.45) is 2.78. The van der Waals surface area contributed by atoms with Crippen LogP contribution in [0.2, 0.25) is 0 Å². The molecule has 7 nitrogen and oxygen atoms in total. The van der Waals surface area contributed by atoms with Crippen LogP contribution in [0.25, 0.3) is 6.08 Å². The van der Waals surface area contributed by atoms with Crippen molar-refractivity contribution in [2.75, 3.05) is 13.7 Å². The number of benzene rings is 1. The normalized spacial score (nSPS) is 10.7. The number of carbonyl (C=O) groups excluding carboxylic acids is 2. The quantitative estimate of drug-likeness (QED) is 0.438. The number of carbonyl (C=O) groups is 2. The van der Waals surface area contributed by atoms with Gasteiger partial charge in [0.2, 0.25) is 0 Å². The number of esters is 2. The molecule has 2 aromatic rings. The minimum absolute atomic E-state index is 0.140. The first kappa shape index (κ1) is 20.1. The maximum absolute atomic E-state index is 12.6. The first-order valence-corrected chi connectivity index (χ1v) is 8.42. The van der Waals surface area contributed by atoms with E-state index in [2.05, 4.69) is 9.97 Å². The van der Waals surface area contributed by atoms with Gasteiger partial charge in [-0.25, -0.2) is 14.6 Å². The molecule has 1 aromatic carbocycles. The van der Waals surface area contributed by atoms with E-state index in [4.69, 9.17) is 14.2 Å². The highest BCUT2D eigenvalue weighted by atomic mass is 16.5. The van der Waals surface area contributed by atoms with Gasteiger partial charge in [-0.3, -0.25) is 4.98 Å². The van der Waals surface area contributed by atoms with Crippen molar-refractivity contribution >= 4 is 18.0 Å². The number of hydrogen-bond donors (Lipinski definition) is 0. The zero-order chi connectivity index (χ0) is 20.0. The summed E-state index contributed by atoms with van der Waals surface area (Å²) in [4.78, 5) is 32.7. The highest BCUT2D eigenvalue weighted by Crippen LogP contribution is 2.27. The van der Waals surface area contributed by atoms with Crippen LogP contribution in [0.3, 0.4) is 0 Å². The number of ether oxygens (including phenoxy) is 3. The highest BCUT2D eigenvalue weighted by molar-refractivity contribution is 5.91. The minimum Gasteiger partial charge on any atom is -0.497 e. The lowest BCUT2D eigenvalue weighted by Crippen LogP contribution is -2.15. The molecule has 0 unspecified atom stereocenters. The molecule has 0 fully saturated rings. The van der Waals surface area contributed by atoms with Crippen LogP contribution in [-0.2, 0) is 9.53 Å². The Hall–Kier alpha value is -3.22. The highest BCUT2D eigenvalue weighted by Gasteiger charge is 2.18. The largest absolute Gasteiger partial charge is 0.497 e. The molecule has 1 heterocycles. The van der Waals surface area contributed by atoms with Crippen LogP contribution in [0.1, 0.15) is 40.1 Å². The van der Waals surface area contributed by atoms with Gasteiger partial charge in [0.25, 0.3) is 0 Å². The van der Waals surface area contributed by atoms with Crippen LogP contribution in [0.5, 0.6) is 11.5 Å². The van der Waals surface area contributed by atoms with E-state index in [0.29, 0.717) is 22.7 Å². The fourth-order valence-corrected chi connectivity index (χ4v) is 2.27. The average Bonchev–Trinajstić information content (AvgIpc) is 2.63. The van der Waals surface area contributed by atoms with Crippen LogP contribution in [0.4, 0.5) is 0 Å². The fourth-order valence-electron chi connectivity index (χ4n) is 2.27. The molecule has 0 bridgehead atoms. The maximum atomic E-state index is 12.6. The first-order valence-electron chi connectivity index (χ1n) is 8.42. The van der Waals surface area contributed by atoms with Crippen molar-refractivity contribution < 1.29 is 23.8 Å². The van der Waals surface area contributed by atoms with Crippen molar-refractivity contribution in [3.8, 4) is 11.5 Å². The molecule has 0 aliphatic carbocycles. The molecule has 2 rings (SSSR count). The average molecular weight is 370 g/mol. The third-order valence-corrected chi connectivity index (χ3v) is 3.78. The predicted octanol–water partition coefficient (Wildman–Crippen LogP) is 3.21. The van der Waals surface area contributed by atoms with E-state index in [1.807, 2.05) is 6.92 Å². The van der Waals surface area contributed by atoms with E-state index in [0.717, 1.165) is 5.69 Å². The van der Waals surface area contributed by atoms with Crippen LogP contribution in [-0.4, -0.2) is 35.6 Å². The standard InChI is InChI=1S/C20H22N2O5/c1-6-26-18(23)10-8-15-7-9-16(25-5)11-17(15)27-20(24)19-14(4)21-12(2)13(3)22-19/h7-11H,6H2,1-5H3/b10-8+. The Morgan fingerprint density at radius 3 is 2.44 bits per heavy atom. The van der Waals surface area contributed by atoms with Gasteiger partial charge in [-0.1, -0.05) is 0 Å². The molecule has 0 N–H and O–H groups in total. The van der Waals surface area contributed by atoms with Gasteiger partial charge in [0.1, 0.15) is 11.5 Å². The predicted molar refractivity (Wildman–Crippen MR) is 99.9 cm³/mol. The Kier molecular flexibility index (Phi) is 6.65. The van der Waals surface area contributed by atoms with Gasteiger partial charge in [0.05, 0.1) is 30.8 Å². The summed E-state index contributed by atoms with van der Waals surface area (Å²) < 4.78 is 15.6. The molecule has 1 aromatic heterocycles. The van der Waals surface area contributed by atoms with E-state index in [-0.39, 0.29) is 18.1 Å². The number of aromatic nitrogens is 2. The Bertz CT molecular complexity index is 890. The topological polar surface area (TPSA) is 87.6 Å². The molecule has 0 atom stereocenters. The third kappa shape index (κ3) is 5.13. The van der Waals surface area contributed by atoms with Crippen LogP contribution < -0.4 is 9.47 Å². The van der Waals surface area contributed by atoms with Crippen molar-refractivity contribution in [3.05, 3.63) is 52.6 Å². The zero-order valence-electron chi connectivity index (χ0n) is 16.0. The second-order valence-electron chi connectivity index (χ2n) is 5.71. The summed E-state index contributed by atoms with van der Waals surface area (Å²) in [5.74, 6) is -0.378. The third-order valence-electron chi connectivity index (χ3n) is 3.78. The maximum Gasteiger partial charge on any atom is 0.364 e. The summed E-state index contributed by atoms with van der Waals surface area (Å²) in [5.41, 5.74) is 2.55. The van der Waals surface area contributed by atoms with Crippen LogP contribution in [0.15, 0.2) is 24.3 Å². The van der Waals surface area contributed by atoms with Crippen molar-refractivity contribution in [1.29, 1.82) is 0 Å². The molecule has 142 valence electrons. The second-order valence-corrected chi connectivity index (χ2v) is 5.71. The van der Waals surface area contributed by atoms with Gasteiger partial charge in [0, 0.05) is 17.7 Å². The lowest BCUT2D eigenvalue weighted by Gasteiger charge is -2.11. The second kappa shape index (κ2) is 8.93. The molecule has 0 saturated carbocycles. The number of methoxy groups -OCH3 is 1. The van der Waals surface area contributed by atoms with Gasteiger partial charge < -0.3 is 14.2 Å². The fraction of sp³-hybridized carbons (Fsp3) is 0.300. The number of nitrogens with zero attached hydrogens (tertiary/aromatic N) is 2. The van der Waals surface area contributed by atoms with Gasteiger partial charge in [-0.15, -0.1) is 0 Å². The summed E-state index contributed by atoms with van der Waals surface area (Å²) in [6, 6.07) is 4.94. The lowest BCUT2D eigenvalue weighted by atomic mass is 10.1. The monoisotopic (exact) mass is 370 g/mol. The van der Waals surface area contributed by atoms with E-state index in [9.17, 15) is 9.59 Å². The minimum atomic E-state index is -0.637. The van der Waals surface area contributed by atoms with Gasteiger partial charge in [-0.2, -0.15) is 0 Å². The number of rotatable bonds is 6. The van der Waals surface area contributed by atoms with E-state index < -0.39 is 11.9 Å². The van der Waals surface area contributed by atoms with Crippen molar-refractivity contribution in [2.24, 2.45) is 0 Å². The lowest BCUT2D eigenvalue weighted by molar-refractivity contribution is -0.137.